The third-order valence-electron chi connectivity index (χ3n) is 10.4. The highest BCUT2D eigenvalue weighted by Gasteiger charge is 2.37. The lowest BCUT2D eigenvalue weighted by Gasteiger charge is -2.43. The van der Waals surface area contributed by atoms with Crippen molar-refractivity contribution in [3.05, 3.63) is 76.7 Å². The molecule has 0 unspecified atom stereocenters. The fourth-order valence-electron chi connectivity index (χ4n) is 7.75. The molecule has 1 aliphatic carbocycles. The molecular formula is C37H42F3N7O3. The van der Waals surface area contributed by atoms with Gasteiger partial charge in [0.15, 0.2) is 0 Å². The Hall–Kier alpha value is -4.57. The normalized spacial score (nSPS) is 22.0. The Bertz CT molecular complexity index is 1710. The monoisotopic (exact) mass is 689 g/mol. The zero-order valence-corrected chi connectivity index (χ0v) is 28.0. The van der Waals surface area contributed by atoms with Crippen LogP contribution in [0.4, 0.5) is 29.5 Å². The summed E-state index contributed by atoms with van der Waals surface area (Å²) in [5.74, 6) is 0.464. The molecule has 1 aromatic heterocycles. The van der Waals surface area contributed by atoms with Crippen LogP contribution in [0.5, 0.6) is 6.01 Å². The summed E-state index contributed by atoms with van der Waals surface area (Å²) in [6.45, 7) is 2.68. The number of nitrogens with zero attached hydrogens (tertiary/aromatic N) is 7. The quantitative estimate of drug-likeness (QED) is 0.278. The molecule has 0 saturated carbocycles. The van der Waals surface area contributed by atoms with Gasteiger partial charge in [0.2, 0.25) is 0 Å². The number of halogens is 3. The van der Waals surface area contributed by atoms with Gasteiger partial charge < -0.3 is 24.2 Å². The molecule has 2 aromatic carbocycles. The van der Waals surface area contributed by atoms with Crippen molar-refractivity contribution in [3.63, 3.8) is 0 Å². The Labute approximate surface area is 290 Å². The lowest BCUT2D eigenvalue weighted by atomic mass is 9.88. The molecule has 3 atom stereocenters. The molecule has 0 N–H and O–H groups in total. The van der Waals surface area contributed by atoms with Gasteiger partial charge in [-0.15, -0.1) is 0 Å². The first-order valence-electron chi connectivity index (χ1n) is 17.6. The predicted octanol–water partition coefficient (Wildman–Crippen LogP) is 5.39. The molecule has 3 aliphatic heterocycles. The van der Waals surface area contributed by atoms with E-state index in [-0.39, 0.29) is 50.1 Å². The zero-order valence-electron chi connectivity index (χ0n) is 28.0. The molecule has 10 nitrogen and oxygen atoms in total. The number of aromatic nitrogens is 2. The van der Waals surface area contributed by atoms with Crippen LogP contribution in [0, 0.1) is 17.1 Å². The minimum Gasteiger partial charge on any atom is -0.462 e. The van der Waals surface area contributed by atoms with Crippen LogP contribution in [-0.2, 0) is 30.6 Å². The highest BCUT2D eigenvalue weighted by molar-refractivity contribution is 5.69. The number of piperazine rings is 1. The molecule has 0 spiro atoms. The van der Waals surface area contributed by atoms with E-state index in [4.69, 9.17) is 19.4 Å². The molecule has 50 heavy (non-hydrogen) atoms. The second kappa shape index (κ2) is 15.1. The second-order valence-electron chi connectivity index (χ2n) is 13.6. The number of carbonyl (C=O) groups excluding carboxylic acids is 1. The summed E-state index contributed by atoms with van der Waals surface area (Å²) in [6, 6.07) is 16.5. The van der Waals surface area contributed by atoms with Crippen LogP contribution in [-0.4, -0.2) is 96.3 Å². The Morgan fingerprint density at radius 2 is 1.88 bits per heavy atom. The van der Waals surface area contributed by atoms with Gasteiger partial charge in [0.1, 0.15) is 24.8 Å². The van der Waals surface area contributed by atoms with E-state index in [1.54, 1.807) is 15.9 Å². The maximum Gasteiger partial charge on any atom is 0.410 e. The topological polar surface area (TPSA) is 98.1 Å². The molecule has 0 bridgehead atoms. The van der Waals surface area contributed by atoms with Gasteiger partial charge in [-0.1, -0.05) is 36.4 Å². The summed E-state index contributed by atoms with van der Waals surface area (Å²) in [6.07, 6.45) is 2.06. The Kier molecular flexibility index (Phi) is 10.3. The minimum atomic E-state index is -2.41. The molecule has 13 heteroatoms. The molecule has 7 rings (SSSR count). The zero-order chi connectivity index (χ0) is 34.6. The molecule has 0 radical (unpaired) electrons. The van der Waals surface area contributed by atoms with Crippen molar-refractivity contribution >= 4 is 17.6 Å². The van der Waals surface area contributed by atoms with Gasteiger partial charge in [0.25, 0.3) is 6.43 Å². The van der Waals surface area contributed by atoms with Gasteiger partial charge in [-0.25, -0.2) is 18.0 Å². The lowest BCUT2D eigenvalue weighted by Crippen LogP contribution is -2.56. The number of benzene rings is 2. The predicted molar refractivity (Wildman–Crippen MR) is 181 cm³/mol. The van der Waals surface area contributed by atoms with Gasteiger partial charge >= 0.3 is 12.1 Å². The summed E-state index contributed by atoms with van der Waals surface area (Å²) in [4.78, 5) is 30.8. The van der Waals surface area contributed by atoms with Crippen LogP contribution in [0.2, 0.25) is 0 Å². The fraction of sp³-hybridized carbons (Fsp3) is 0.514. The molecule has 2 saturated heterocycles. The number of aryl methyl sites for hydroxylation is 1. The molecule has 4 heterocycles. The number of anilines is 2. The van der Waals surface area contributed by atoms with Crippen molar-refractivity contribution in [2.75, 3.05) is 55.7 Å². The van der Waals surface area contributed by atoms with Gasteiger partial charge in [-0.05, 0) is 55.4 Å². The van der Waals surface area contributed by atoms with E-state index in [1.165, 1.54) is 6.07 Å². The van der Waals surface area contributed by atoms with E-state index < -0.39 is 18.6 Å². The first-order chi connectivity index (χ1) is 24.4. The Morgan fingerprint density at radius 3 is 2.66 bits per heavy atom. The standard InChI is InChI=1S/C37H42F3N7O3/c38-27-9-8-26-7-4-15-46(33(26)19-27)28-10-11-31-32(20-28)42-36(49-24-30-13-16-44(30)22-34(39)40)43-35(31)45-17-18-47(29(21-45)12-14-41)37(48)50-23-25-5-2-1-3-6-25/h1-3,5-6,8-9,19,28-30,34H,4,7,10-13,15-18,20-24H2/t28-,29+,30+/m1/s1. The number of carbonyl (C=O) groups is 1. The van der Waals surface area contributed by atoms with Crippen LogP contribution >= 0.6 is 0 Å². The number of amides is 1. The van der Waals surface area contributed by atoms with Gasteiger partial charge in [-0.2, -0.15) is 15.2 Å². The SMILES string of the molecule is N#CC[C@H]1CN(c2nc(OC[C@@H]3CCN3CC(F)F)nc3c2CC[C@@H](N2CCCc4ccc(F)cc42)C3)CCN1C(=O)OCc1ccccc1. The third-order valence-corrected chi connectivity index (χ3v) is 10.4. The fourth-order valence-corrected chi connectivity index (χ4v) is 7.75. The number of hydrogen-bond donors (Lipinski definition) is 0. The lowest BCUT2D eigenvalue weighted by molar-refractivity contribution is -0.00342. The number of nitriles is 1. The number of alkyl halides is 2. The molecule has 3 aromatic rings. The number of likely N-dealkylation sites (tertiary alicyclic amines) is 1. The first kappa shape index (κ1) is 33.9. The first-order valence-corrected chi connectivity index (χ1v) is 17.6. The van der Waals surface area contributed by atoms with Crippen molar-refractivity contribution in [1.29, 1.82) is 5.26 Å². The van der Waals surface area contributed by atoms with Gasteiger partial charge in [-0.3, -0.25) is 4.90 Å². The van der Waals surface area contributed by atoms with Gasteiger partial charge in [0, 0.05) is 62.5 Å². The van der Waals surface area contributed by atoms with E-state index in [9.17, 15) is 23.2 Å². The van der Waals surface area contributed by atoms with Crippen molar-refractivity contribution in [3.8, 4) is 12.1 Å². The van der Waals surface area contributed by atoms with Crippen LogP contribution in [0.25, 0.3) is 0 Å². The van der Waals surface area contributed by atoms with E-state index in [2.05, 4.69) is 15.9 Å². The number of rotatable bonds is 10. The van der Waals surface area contributed by atoms with E-state index >= 15 is 0 Å². The average molecular weight is 690 g/mol. The number of fused-ring (bicyclic) bond motifs is 2. The summed E-state index contributed by atoms with van der Waals surface area (Å²) in [5.41, 5.74) is 4.82. The Balaban J connectivity index is 1.12. The summed E-state index contributed by atoms with van der Waals surface area (Å²) < 4.78 is 52.3. The molecular weight excluding hydrogens is 647 g/mol. The molecule has 1 amide bonds. The van der Waals surface area contributed by atoms with Crippen molar-refractivity contribution in [1.82, 2.24) is 19.8 Å². The average Bonchev–Trinajstić information content (AvgIpc) is 3.12. The van der Waals surface area contributed by atoms with E-state index in [0.717, 1.165) is 60.3 Å². The van der Waals surface area contributed by atoms with Crippen molar-refractivity contribution < 1.29 is 27.4 Å². The molecule has 2 fully saturated rings. The van der Waals surface area contributed by atoms with Crippen LogP contribution in [0.1, 0.15) is 48.1 Å². The smallest absolute Gasteiger partial charge is 0.410 e. The highest BCUT2D eigenvalue weighted by atomic mass is 19.3. The van der Waals surface area contributed by atoms with Crippen molar-refractivity contribution in [2.24, 2.45) is 0 Å². The van der Waals surface area contributed by atoms with Gasteiger partial charge in [0.05, 0.1) is 30.8 Å². The maximum atomic E-state index is 14.4. The largest absolute Gasteiger partial charge is 0.462 e. The third kappa shape index (κ3) is 7.45. The van der Waals surface area contributed by atoms with E-state index in [0.29, 0.717) is 44.8 Å². The maximum absolute atomic E-state index is 14.4. The molecule has 264 valence electrons. The summed E-state index contributed by atoms with van der Waals surface area (Å²) in [5, 5.41) is 9.71. The van der Waals surface area contributed by atoms with Crippen LogP contribution in [0.15, 0.2) is 48.5 Å². The number of ether oxygens (including phenoxy) is 2. The molecule has 4 aliphatic rings. The number of hydrogen-bond acceptors (Lipinski definition) is 9. The van der Waals surface area contributed by atoms with E-state index in [1.807, 2.05) is 36.4 Å². The highest BCUT2D eigenvalue weighted by Crippen LogP contribution is 2.37. The Morgan fingerprint density at radius 1 is 1.02 bits per heavy atom. The summed E-state index contributed by atoms with van der Waals surface area (Å²) in [7, 11) is 0. The minimum absolute atomic E-state index is 0.106. The second-order valence-corrected chi connectivity index (χ2v) is 13.6. The van der Waals surface area contributed by atoms with Crippen molar-refractivity contribution in [2.45, 2.75) is 76.1 Å². The summed E-state index contributed by atoms with van der Waals surface area (Å²) >= 11 is 0. The van der Waals surface area contributed by atoms with Crippen LogP contribution in [0.3, 0.4) is 0 Å². The van der Waals surface area contributed by atoms with Crippen LogP contribution < -0.4 is 14.5 Å².